The lowest BCUT2D eigenvalue weighted by Gasteiger charge is -1.80. The van der Waals surface area contributed by atoms with Gasteiger partial charge >= 0.3 is 0 Å². The summed E-state index contributed by atoms with van der Waals surface area (Å²) in [4.78, 5) is 21.9. The van der Waals surface area contributed by atoms with Gasteiger partial charge in [-0.15, -0.1) is 0 Å². The third kappa shape index (κ3) is 1.77. The standard InChI is InChI=1S/C10H8N2O4/c1-5(13)9-3-7(11-15-9)8-4-10(6(2)14)16-12-8/h3-4H,1-2H3. The van der Waals surface area contributed by atoms with Crippen molar-refractivity contribution in [3.8, 4) is 11.4 Å². The molecule has 2 aromatic heterocycles. The summed E-state index contributed by atoms with van der Waals surface area (Å²) in [6.45, 7) is 2.74. The number of hydrogen-bond acceptors (Lipinski definition) is 6. The van der Waals surface area contributed by atoms with Crippen molar-refractivity contribution >= 4 is 11.6 Å². The van der Waals surface area contributed by atoms with Crippen molar-refractivity contribution in [3.63, 3.8) is 0 Å². The first kappa shape index (κ1) is 10.3. The molecule has 0 aliphatic heterocycles. The first-order chi connectivity index (χ1) is 7.58. The maximum Gasteiger partial charge on any atom is 0.202 e. The molecule has 0 amide bonds. The summed E-state index contributed by atoms with van der Waals surface area (Å²) in [7, 11) is 0. The van der Waals surface area contributed by atoms with Crippen LogP contribution in [0.5, 0.6) is 0 Å². The summed E-state index contributed by atoms with van der Waals surface area (Å²) >= 11 is 0. The fourth-order valence-corrected chi connectivity index (χ4v) is 1.12. The van der Waals surface area contributed by atoms with Crippen LogP contribution in [0.15, 0.2) is 21.2 Å². The van der Waals surface area contributed by atoms with Crippen LogP contribution in [0, 0.1) is 0 Å². The zero-order chi connectivity index (χ0) is 11.7. The molecule has 0 radical (unpaired) electrons. The van der Waals surface area contributed by atoms with E-state index in [1.807, 2.05) is 0 Å². The third-order valence-corrected chi connectivity index (χ3v) is 1.98. The van der Waals surface area contributed by atoms with Crippen LogP contribution >= 0.6 is 0 Å². The molecule has 0 saturated carbocycles. The highest BCUT2D eigenvalue weighted by Gasteiger charge is 2.15. The Bertz CT molecular complexity index is 502. The Hall–Kier alpha value is -2.24. The number of carbonyl (C=O) groups excluding carboxylic acids is 2. The molecule has 0 aliphatic rings. The summed E-state index contributed by atoms with van der Waals surface area (Å²) in [5.41, 5.74) is 0.725. The van der Waals surface area contributed by atoms with Crippen molar-refractivity contribution in [1.82, 2.24) is 10.3 Å². The number of carbonyl (C=O) groups is 2. The largest absolute Gasteiger partial charge is 0.352 e. The Kier molecular flexibility index (Phi) is 2.40. The van der Waals surface area contributed by atoms with Crippen LogP contribution in [0.4, 0.5) is 0 Å². The van der Waals surface area contributed by atoms with Gasteiger partial charge in [-0.25, -0.2) is 0 Å². The van der Waals surface area contributed by atoms with Crippen molar-refractivity contribution in [3.05, 3.63) is 23.7 Å². The normalized spacial score (nSPS) is 10.4. The second-order valence-corrected chi connectivity index (χ2v) is 3.27. The molecule has 2 heterocycles. The minimum Gasteiger partial charge on any atom is -0.352 e. The molecular weight excluding hydrogens is 212 g/mol. The van der Waals surface area contributed by atoms with Gasteiger partial charge in [0.05, 0.1) is 0 Å². The van der Waals surface area contributed by atoms with Gasteiger partial charge < -0.3 is 9.05 Å². The Morgan fingerprint density at radius 2 is 1.31 bits per heavy atom. The summed E-state index contributed by atoms with van der Waals surface area (Å²) in [5, 5.41) is 7.30. The van der Waals surface area contributed by atoms with E-state index in [-0.39, 0.29) is 23.1 Å². The lowest BCUT2D eigenvalue weighted by atomic mass is 10.2. The molecule has 0 aliphatic carbocycles. The Morgan fingerprint density at radius 3 is 1.56 bits per heavy atom. The smallest absolute Gasteiger partial charge is 0.202 e. The second kappa shape index (κ2) is 3.73. The van der Waals surface area contributed by atoms with Gasteiger partial charge in [0.2, 0.25) is 11.5 Å². The van der Waals surface area contributed by atoms with Crippen molar-refractivity contribution < 1.29 is 18.6 Å². The average Bonchev–Trinajstić information content (AvgIpc) is 2.86. The van der Waals surface area contributed by atoms with Crippen LogP contribution in [-0.2, 0) is 0 Å². The molecule has 0 unspecified atom stereocenters. The van der Waals surface area contributed by atoms with Gasteiger partial charge in [-0.2, -0.15) is 0 Å². The molecule has 0 atom stereocenters. The van der Waals surface area contributed by atoms with E-state index < -0.39 is 0 Å². The molecular formula is C10H8N2O4. The molecule has 0 saturated heterocycles. The first-order valence-electron chi connectivity index (χ1n) is 4.53. The predicted octanol–water partition coefficient (Wildman–Crippen LogP) is 1.73. The first-order valence-corrected chi connectivity index (χ1v) is 4.53. The van der Waals surface area contributed by atoms with E-state index in [1.165, 1.54) is 26.0 Å². The zero-order valence-electron chi connectivity index (χ0n) is 8.68. The molecule has 2 rings (SSSR count). The van der Waals surface area contributed by atoms with E-state index in [1.54, 1.807) is 0 Å². The zero-order valence-corrected chi connectivity index (χ0v) is 8.68. The van der Waals surface area contributed by atoms with Gasteiger partial charge in [0.15, 0.2) is 11.6 Å². The molecule has 2 aromatic rings. The molecule has 0 aromatic carbocycles. The minimum absolute atomic E-state index is 0.141. The second-order valence-electron chi connectivity index (χ2n) is 3.27. The number of ketones is 2. The summed E-state index contributed by atoms with van der Waals surface area (Å²) in [6.07, 6.45) is 0. The number of aromatic nitrogens is 2. The van der Waals surface area contributed by atoms with Gasteiger partial charge in [-0.05, 0) is 0 Å². The molecule has 6 nitrogen and oxygen atoms in total. The maximum atomic E-state index is 11.0. The highest BCUT2D eigenvalue weighted by molar-refractivity contribution is 5.93. The van der Waals surface area contributed by atoms with E-state index in [9.17, 15) is 9.59 Å². The predicted molar refractivity (Wildman–Crippen MR) is 52.0 cm³/mol. The highest BCUT2D eigenvalue weighted by Crippen LogP contribution is 2.19. The van der Waals surface area contributed by atoms with Crippen LogP contribution in [0.3, 0.4) is 0 Å². The Balaban J connectivity index is 2.35. The Morgan fingerprint density at radius 1 is 0.938 bits per heavy atom. The quantitative estimate of drug-likeness (QED) is 0.732. The molecule has 82 valence electrons. The highest BCUT2D eigenvalue weighted by atomic mass is 16.5. The fraction of sp³-hybridized carbons (Fsp3) is 0.200. The lowest BCUT2D eigenvalue weighted by Crippen LogP contribution is -1.86. The van der Waals surface area contributed by atoms with Gasteiger partial charge in [0, 0.05) is 26.0 Å². The van der Waals surface area contributed by atoms with Crippen LogP contribution in [0.25, 0.3) is 11.4 Å². The van der Waals surface area contributed by atoms with Crippen LogP contribution in [0.1, 0.15) is 35.0 Å². The van der Waals surface area contributed by atoms with E-state index in [4.69, 9.17) is 9.05 Å². The van der Waals surface area contributed by atoms with Crippen molar-refractivity contribution in [2.45, 2.75) is 13.8 Å². The minimum atomic E-state index is -0.228. The number of rotatable bonds is 3. The molecule has 0 N–H and O–H groups in total. The summed E-state index contributed by atoms with van der Waals surface area (Å²) < 4.78 is 9.57. The molecule has 0 spiro atoms. The topological polar surface area (TPSA) is 86.2 Å². The molecule has 6 heteroatoms. The third-order valence-electron chi connectivity index (χ3n) is 1.98. The van der Waals surface area contributed by atoms with Crippen molar-refractivity contribution in [2.24, 2.45) is 0 Å². The SMILES string of the molecule is CC(=O)c1cc(-c2cc(C(C)=O)on2)no1. The van der Waals surface area contributed by atoms with E-state index in [0.717, 1.165) is 0 Å². The summed E-state index contributed by atoms with van der Waals surface area (Å²) in [6, 6.07) is 2.90. The Labute approximate surface area is 90.2 Å². The fourth-order valence-electron chi connectivity index (χ4n) is 1.12. The molecule has 16 heavy (non-hydrogen) atoms. The van der Waals surface area contributed by atoms with Gasteiger partial charge in [0.25, 0.3) is 0 Å². The van der Waals surface area contributed by atoms with Gasteiger partial charge in [-0.1, -0.05) is 10.3 Å². The van der Waals surface area contributed by atoms with E-state index >= 15 is 0 Å². The number of hydrogen-bond donors (Lipinski definition) is 0. The van der Waals surface area contributed by atoms with Gasteiger partial charge in [0.1, 0.15) is 11.4 Å². The van der Waals surface area contributed by atoms with Crippen molar-refractivity contribution in [1.29, 1.82) is 0 Å². The van der Waals surface area contributed by atoms with Gasteiger partial charge in [-0.3, -0.25) is 9.59 Å². The van der Waals surface area contributed by atoms with Crippen LogP contribution in [-0.4, -0.2) is 21.9 Å². The molecule has 0 bridgehead atoms. The monoisotopic (exact) mass is 220 g/mol. The van der Waals surface area contributed by atoms with Crippen LogP contribution < -0.4 is 0 Å². The maximum absolute atomic E-state index is 11.0. The van der Waals surface area contributed by atoms with E-state index in [0.29, 0.717) is 11.4 Å². The van der Waals surface area contributed by atoms with E-state index in [2.05, 4.69) is 10.3 Å². The van der Waals surface area contributed by atoms with Crippen LogP contribution in [0.2, 0.25) is 0 Å². The lowest BCUT2D eigenvalue weighted by molar-refractivity contribution is 0.0970. The average molecular weight is 220 g/mol. The summed E-state index contributed by atoms with van der Waals surface area (Å²) in [5.74, 6) is -0.173. The number of nitrogens with zero attached hydrogens (tertiary/aromatic N) is 2. The molecule has 0 fully saturated rings. The number of Topliss-reactive ketones (excluding diaryl/α,β-unsaturated/α-hetero) is 2. The van der Waals surface area contributed by atoms with Crippen molar-refractivity contribution in [2.75, 3.05) is 0 Å².